The number of hydrogen-bond donors (Lipinski definition) is 2. The molecule has 7 rings (SSSR count). The maximum Gasteiger partial charge on any atom is 0.335 e. The number of aliphatic imine (C=N–C) groups is 1. The van der Waals surface area contributed by atoms with Crippen molar-refractivity contribution in [1.29, 1.82) is 0 Å². The van der Waals surface area contributed by atoms with E-state index < -0.39 is 47.4 Å². The number of fused-ring (bicyclic) bond motifs is 4. The van der Waals surface area contributed by atoms with Crippen LogP contribution in [0.5, 0.6) is 5.75 Å². The fourth-order valence-electron chi connectivity index (χ4n) is 7.95. The molecule has 284 valence electrons. The first-order valence-corrected chi connectivity index (χ1v) is 22.9. The second-order valence-electron chi connectivity index (χ2n) is 15.4. The smallest absolute Gasteiger partial charge is 0.335 e. The van der Waals surface area contributed by atoms with E-state index in [-0.39, 0.29) is 33.8 Å². The number of imidazole rings is 1. The Morgan fingerprint density at radius 2 is 1.60 bits per heavy atom. The van der Waals surface area contributed by atoms with Crippen LogP contribution < -0.4 is 15.0 Å². The van der Waals surface area contributed by atoms with Crippen LogP contribution >= 0.6 is 12.2 Å². The average molecular weight is 778 g/mol. The third kappa shape index (κ3) is 6.48. The van der Waals surface area contributed by atoms with E-state index in [0.29, 0.717) is 29.8 Å². The summed E-state index contributed by atoms with van der Waals surface area (Å²) < 4.78 is 43.4. The van der Waals surface area contributed by atoms with Gasteiger partial charge in [0.2, 0.25) is 22.8 Å². The minimum atomic E-state index is -3.23. The number of rotatable bonds is 9. The highest BCUT2D eigenvalue weighted by Crippen LogP contribution is 2.52. The third-order valence-corrected chi connectivity index (χ3v) is 21.4. The van der Waals surface area contributed by atoms with Crippen LogP contribution in [0.25, 0.3) is 0 Å². The van der Waals surface area contributed by atoms with Gasteiger partial charge in [0.05, 0.1) is 12.9 Å². The molecule has 12 nitrogen and oxygen atoms in total. The summed E-state index contributed by atoms with van der Waals surface area (Å²) >= 11 is 6.10. The normalized spacial score (nSPS) is 27.2. The number of hydrogen-bond acceptors (Lipinski definition) is 12. The second kappa shape index (κ2) is 14.7. The van der Waals surface area contributed by atoms with Crippen LogP contribution in [0.4, 0.5) is 5.82 Å². The van der Waals surface area contributed by atoms with Crippen LogP contribution in [0.3, 0.4) is 0 Å². The van der Waals surface area contributed by atoms with E-state index in [9.17, 15) is 5.11 Å². The number of nitrogens with one attached hydrogen (secondary N) is 1. The Labute approximate surface area is 319 Å². The van der Waals surface area contributed by atoms with Gasteiger partial charge in [-0.3, -0.25) is 9.47 Å². The second-order valence-corrected chi connectivity index (χ2v) is 24.6. The van der Waals surface area contributed by atoms with Gasteiger partial charge in [-0.25, -0.2) is 9.98 Å². The van der Waals surface area contributed by atoms with Crippen LogP contribution in [0.15, 0.2) is 84.4 Å². The molecular formula is C38H51N5O7SSi2. The Morgan fingerprint density at radius 1 is 0.962 bits per heavy atom. The summed E-state index contributed by atoms with van der Waals surface area (Å²) in [6, 6.07) is 19.1. The Bertz CT molecular complexity index is 1830. The van der Waals surface area contributed by atoms with Crippen LogP contribution in [-0.4, -0.2) is 73.4 Å². The van der Waals surface area contributed by atoms with Crippen LogP contribution in [0.1, 0.15) is 72.9 Å². The molecule has 53 heavy (non-hydrogen) atoms. The zero-order chi connectivity index (χ0) is 37.7. The van der Waals surface area contributed by atoms with E-state index in [2.05, 4.69) is 60.7 Å². The number of nitrogens with zero attached hydrogens (tertiary/aromatic N) is 4. The van der Waals surface area contributed by atoms with Gasteiger partial charge in [-0.15, -0.1) is 0 Å². The van der Waals surface area contributed by atoms with Gasteiger partial charge in [-0.05, 0) is 52.1 Å². The van der Waals surface area contributed by atoms with Gasteiger partial charge in [0, 0.05) is 12.4 Å². The summed E-state index contributed by atoms with van der Waals surface area (Å²) in [6.45, 7) is 17.7. The van der Waals surface area contributed by atoms with Crippen molar-refractivity contribution in [2.24, 2.45) is 4.99 Å². The molecule has 0 radical (unpaired) electrons. The molecule has 0 amide bonds. The van der Waals surface area contributed by atoms with Gasteiger partial charge in [0.1, 0.15) is 24.6 Å². The van der Waals surface area contributed by atoms with Crippen LogP contribution in [-0.2, 0) is 29.0 Å². The molecule has 5 heterocycles. The minimum Gasteiger partial charge on any atom is -0.471 e. The minimum absolute atomic E-state index is 0.00393. The summed E-state index contributed by atoms with van der Waals surface area (Å²) in [5, 5.41) is 16.6. The quantitative estimate of drug-likeness (QED) is 0.172. The van der Waals surface area contributed by atoms with Crippen LogP contribution in [0.2, 0.25) is 22.2 Å². The summed E-state index contributed by atoms with van der Waals surface area (Å²) in [5.74, 6) is 1.45. The number of ether oxygens (including phenoxy) is 3. The highest BCUT2D eigenvalue weighted by atomic mass is 32.1. The lowest BCUT2D eigenvalue weighted by Crippen LogP contribution is -2.68. The lowest BCUT2D eigenvalue weighted by molar-refractivity contribution is -0.0708. The molecule has 2 aromatic carbocycles. The zero-order valence-electron chi connectivity index (χ0n) is 31.6. The van der Waals surface area contributed by atoms with Crippen molar-refractivity contribution in [3.63, 3.8) is 0 Å². The molecule has 3 aromatic rings. The fraction of sp³-hybridized carbons (Fsp3) is 0.500. The Hall–Kier alpha value is -3.42. The molecule has 0 spiro atoms. The van der Waals surface area contributed by atoms with Gasteiger partial charge in [0.25, 0.3) is 0 Å². The Balaban J connectivity index is 1.35. The molecule has 4 aliphatic heterocycles. The van der Waals surface area contributed by atoms with Crippen molar-refractivity contribution in [2.45, 2.75) is 114 Å². The maximum atomic E-state index is 13.4. The number of anilines is 1. The third-order valence-electron chi connectivity index (χ3n) is 10.7. The van der Waals surface area contributed by atoms with Gasteiger partial charge >= 0.3 is 17.1 Å². The average Bonchev–Trinajstić information content (AvgIpc) is 3.84. The Kier molecular flexibility index (Phi) is 10.5. The van der Waals surface area contributed by atoms with E-state index in [1.54, 1.807) is 23.0 Å². The highest BCUT2D eigenvalue weighted by molar-refractivity contribution is 7.80. The van der Waals surface area contributed by atoms with E-state index in [0.717, 1.165) is 5.56 Å². The lowest BCUT2D eigenvalue weighted by Gasteiger charge is -2.52. The van der Waals surface area contributed by atoms with Crippen molar-refractivity contribution in [3.8, 4) is 5.75 Å². The largest absolute Gasteiger partial charge is 0.471 e. The van der Waals surface area contributed by atoms with Crippen molar-refractivity contribution in [3.05, 3.63) is 90.6 Å². The molecular weight excluding hydrogens is 727 g/mol. The van der Waals surface area contributed by atoms with Gasteiger partial charge in [0.15, 0.2) is 17.7 Å². The molecule has 0 aliphatic carbocycles. The molecule has 0 saturated carbocycles. The summed E-state index contributed by atoms with van der Waals surface area (Å²) in [7, 11) is -6.14. The van der Waals surface area contributed by atoms with E-state index in [1.807, 2.05) is 65.8 Å². The molecule has 2 fully saturated rings. The number of benzene rings is 2. The van der Waals surface area contributed by atoms with Crippen molar-refractivity contribution in [1.82, 2.24) is 14.9 Å². The summed E-state index contributed by atoms with van der Waals surface area (Å²) in [4.78, 5) is 11.6. The molecule has 2 saturated heterocycles. The van der Waals surface area contributed by atoms with Crippen LogP contribution in [0, 0.1) is 0 Å². The number of aromatic nitrogens is 2. The Morgan fingerprint density at radius 3 is 2.25 bits per heavy atom. The standard InChI is InChI=1S/C38H51N5O7SSi2/c1-24(2)52(25(3)4)46-22-30-32(49-53(50-52,26(5)6)27(7)8)38(44,36(51)47-29-17-13-10-14-18-29)35(48-30)43-23-40-31-33(45-21-28-15-11-9-12-16-28)41-37-39-19-20-42(37)34(31)43/h9-20,23-27,30,32,35,37,39,44H,21-22H2,1-8H3/t30-,32-,35-,37?,38-/m1/s1. The zero-order valence-corrected chi connectivity index (χ0v) is 34.4. The van der Waals surface area contributed by atoms with E-state index in [1.165, 1.54) is 0 Å². The van der Waals surface area contributed by atoms with E-state index in [4.69, 9.17) is 49.4 Å². The van der Waals surface area contributed by atoms with E-state index >= 15 is 0 Å². The SMILES string of the molecule is CC(C)[Si]1(C(C)C)OC[C@H]2O[C@@H](n3cnc4c3N3C=CNC3N=C4OCc3ccccc3)[C@@](O)(C(=S)Oc3ccccc3)[C@@H]2O[Si](C(C)C)(C(C)C)O1. The molecule has 15 heteroatoms. The molecule has 1 unspecified atom stereocenters. The molecule has 1 aromatic heterocycles. The first-order chi connectivity index (χ1) is 25.3. The number of para-hydroxylation sites is 1. The predicted octanol–water partition coefficient (Wildman–Crippen LogP) is 7.02. The predicted molar refractivity (Wildman–Crippen MR) is 211 cm³/mol. The molecule has 2 N–H and O–H groups in total. The molecule has 0 bridgehead atoms. The summed E-state index contributed by atoms with van der Waals surface area (Å²) in [5.41, 5.74) is -0.252. The van der Waals surface area contributed by atoms with Gasteiger partial charge in [-0.2, -0.15) is 0 Å². The molecule has 5 atom stereocenters. The monoisotopic (exact) mass is 777 g/mol. The first-order valence-electron chi connectivity index (χ1n) is 18.5. The lowest BCUT2D eigenvalue weighted by atomic mass is 9.94. The topological polar surface area (TPSA) is 121 Å². The number of thiocarbonyl (C=S) groups is 1. The maximum absolute atomic E-state index is 13.4. The van der Waals surface area contributed by atoms with Crippen molar-refractivity contribution < 1.29 is 32.3 Å². The number of aliphatic hydroxyl groups is 1. The van der Waals surface area contributed by atoms with Gasteiger partial charge in [-0.1, -0.05) is 104 Å². The molecule has 4 aliphatic rings. The van der Waals surface area contributed by atoms with Crippen molar-refractivity contribution >= 4 is 46.1 Å². The first kappa shape index (κ1) is 37.9. The van der Waals surface area contributed by atoms with Gasteiger partial charge < -0.3 is 37.6 Å². The summed E-state index contributed by atoms with van der Waals surface area (Å²) in [6.07, 6.45) is 1.95. The highest BCUT2D eigenvalue weighted by Gasteiger charge is 2.68. The van der Waals surface area contributed by atoms with Crippen molar-refractivity contribution in [2.75, 3.05) is 11.5 Å². The fourth-order valence-corrected chi connectivity index (χ4v) is 19.5.